The molecule has 1 atom stereocenters. The summed E-state index contributed by atoms with van der Waals surface area (Å²) in [5, 5.41) is 0.489. The average Bonchev–Trinajstić information content (AvgIpc) is 2.58. The van der Waals surface area contributed by atoms with E-state index in [2.05, 4.69) is 16.5 Å². The molecule has 5 nitrogen and oxygen atoms in total. The number of piperidine rings is 1. The summed E-state index contributed by atoms with van der Waals surface area (Å²) >= 11 is 6.38. The Morgan fingerprint density at radius 1 is 1.42 bits per heavy atom. The van der Waals surface area contributed by atoms with Crippen LogP contribution in [0.4, 0.5) is 17.5 Å². The van der Waals surface area contributed by atoms with Crippen molar-refractivity contribution in [2.75, 3.05) is 22.9 Å². The first-order valence-electron chi connectivity index (χ1n) is 8.10. The van der Waals surface area contributed by atoms with Crippen LogP contribution in [0.5, 0.6) is 0 Å². The fourth-order valence-corrected chi connectivity index (χ4v) is 3.18. The molecule has 6 heteroatoms. The molecule has 1 fully saturated rings. The van der Waals surface area contributed by atoms with Crippen LogP contribution >= 0.6 is 11.6 Å². The van der Waals surface area contributed by atoms with Crippen LogP contribution in [0.15, 0.2) is 43.2 Å². The molecule has 0 aliphatic carbocycles. The molecule has 2 N–H and O–H groups in total. The van der Waals surface area contributed by atoms with Crippen LogP contribution in [0.2, 0.25) is 5.02 Å². The highest BCUT2D eigenvalue weighted by molar-refractivity contribution is 6.33. The molecule has 3 rings (SSSR count). The zero-order valence-corrected chi connectivity index (χ0v) is 14.6. The first-order valence-corrected chi connectivity index (χ1v) is 8.48. The highest BCUT2D eigenvalue weighted by Gasteiger charge is 2.21. The lowest BCUT2D eigenvalue weighted by molar-refractivity contribution is 0.500. The summed E-state index contributed by atoms with van der Waals surface area (Å²) in [5.41, 5.74) is 8.19. The van der Waals surface area contributed by atoms with E-state index in [0.29, 0.717) is 16.8 Å². The number of nitrogens with zero attached hydrogens (tertiary/aromatic N) is 4. The number of aryl methyl sites for hydroxylation is 1. The molecule has 24 heavy (non-hydrogen) atoms. The van der Waals surface area contributed by atoms with Crippen LogP contribution in [0.1, 0.15) is 18.4 Å². The van der Waals surface area contributed by atoms with Crippen LogP contribution in [-0.2, 0) is 0 Å². The van der Waals surface area contributed by atoms with Gasteiger partial charge in [0.1, 0.15) is 5.02 Å². The summed E-state index contributed by atoms with van der Waals surface area (Å²) in [4.78, 5) is 13.1. The molecule has 2 aromatic rings. The van der Waals surface area contributed by atoms with Crippen molar-refractivity contribution in [1.82, 2.24) is 9.97 Å². The molecule has 1 saturated heterocycles. The molecular weight excluding hydrogens is 322 g/mol. The summed E-state index contributed by atoms with van der Waals surface area (Å²) < 4.78 is 0. The van der Waals surface area contributed by atoms with E-state index in [0.717, 1.165) is 37.2 Å². The quantitative estimate of drug-likeness (QED) is 0.918. The maximum absolute atomic E-state index is 6.38. The first kappa shape index (κ1) is 16.7. The number of halogens is 1. The van der Waals surface area contributed by atoms with Gasteiger partial charge in [0, 0.05) is 31.0 Å². The van der Waals surface area contributed by atoms with E-state index in [4.69, 9.17) is 22.3 Å². The zero-order valence-electron chi connectivity index (χ0n) is 13.8. The van der Waals surface area contributed by atoms with Crippen LogP contribution in [0.3, 0.4) is 0 Å². The van der Waals surface area contributed by atoms with Crippen LogP contribution in [0, 0.1) is 6.92 Å². The van der Waals surface area contributed by atoms with Crippen LogP contribution in [-0.4, -0.2) is 29.1 Å². The molecule has 2 heterocycles. The second kappa shape index (κ2) is 7.20. The fraction of sp³-hybridized carbons (Fsp3) is 0.333. The monoisotopic (exact) mass is 343 g/mol. The molecule has 1 aliphatic heterocycles. The Hall–Kier alpha value is -2.11. The van der Waals surface area contributed by atoms with Crippen molar-refractivity contribution < 1.29 is 0 Å². The number of hydrogen-bond acceptors (Lipinski definition) is 5. The van der Waals surface area contributed by atoms with Gasteiger partial charge in [-0.05, 0) is 31.4 Å². The lowest BCUT2D eigenvalue weighted by Crippen LogP contribution is -2.43. The van der Waals surface area contributed by atoms with E-state index in [9.17, 15) is 0 Å². The minimum absolute atomic E-state index is 0.161. The summed E-state index contributed by atoms with van der Waals surface area (Å²) in [6.07, 6.45) is 5.46. The summed E-state index contributed by atoms with van der Waals surface area (Å²) in [6, 6.07) is 8.21. The SMILES string of the molecule is C=CN(c1ccccc1C)c1nc(N2CCCC(N)C2)ncc1Cl. The third-order valence-electron chi connectivity index (χ3n) is 4.24. The van der Waals surface area contributed by atoms with Crippen molar-refractivity contribution >= 4 is 29.1 Å². The molecule has 0 bridgehead atoms. The summed E-state index contributed by atoms with van der Waals surface area (Å²) in [6.45, 7) is 7.64. The fourth-order valence-electron chi connectivity index (χ4n) is 2.99. The first-order chi connectivity index (χ1) is 11.6. The van der Waals surface area contributed by atoms with E-state index < -0.39 is 0 Å². The van der Waals surface area contributed by atoms with Gasteiger partial charge in [-0.15, -0.1) is 0 Å². The normalized spacial score (nSPS) is 17.6. The number of benzene rings is 1. The molecule has 1 aromatic carbocycles. The predicted octanol–water partition coefficient (Wildman–Crippen LogP) is 3.65. The topological polar surface area (TPSA) is 58.3 Å². The molecule has 1 unspecified atom stereocenters. The number of anilines is 3. The van der Waals surface area contributed by atoms with Crippen molar-refractivity contribution in [2.45, 2.75) is 25.8 Å². The smallest absolute Gasteiger partial charge is 0.227 e. The molecule has 126 valence electrons. The third kappa shape index (κ3) is 3.37. The minimum atomic E-state index is 0.161. The largest absolute Gasteiger partial charge is 0.339 e. The van der Waals surface area contributed by atoms with Gasteiger partial charge in [-0.1, -0.05) is 36.4 Å². The molecule has 0 saturated carbocycles. The molecule has 0 spiro atoms. The number of aromatic nitrogens is 2. The van der Waals surface area contributed by atoms with E-state index in [1.807, 2.05) is 36.1 Å². The Balaban J connectivity index is 1.98. The zero-order chi connectivity index (χ0) is 17.1. The molecular formula is C18H22ClN5. The maximum atomic E-state index is 6.38. The van der Waals surface area contributed by atoms with Crippen molar-refractivity contribution in [1.29, 1.82) is 0 Å². The summed E-state index contributed by atoms with van der Waals surface area (Å²) in [7, 11) is 0. The van der Waals surface area contributed by atoms with Gasteiger partial charge in [-0.2, -0.15) is 4.98 Å². The number of rotatable bonds is 4. The van der Waals surface area contributed by atoms with Gasteiger partial charge in [-0.25, -0.2) is 4.98 Å². The average molecular weight is 344 g/mol. The highest BCUT2D eigenvalue weighted by atomic mass is 35.5. The van der Waals surface area contributed by atoms with Crippen molar-refractivity contribution in [3.8, 4) is 0 Å². The Labute approximate surface area is 147 Å². The van der Waals surface area contributed by atoms with E-state index >= 15 is 0 Å². The Morgan fingerprint density at radius 2 is 2.21 bits per heavy atom. The molecule has 1 aliphatic rings. The van der Waals surface area contributed by atoms with E-state index in [1.165, 1.54) is 0 Å². The maximum Gasteiger partial charge on any atom is 0.227 e. The highest BCUT2D eigenvalue weighted by Crippen LogP contribution is 2.33. The number of nitrogens with two attached hydrogens (primary N) is 1. The van der Waals surface area contributed by atoms with E-state index in [-0.39, 0.29) is 6.04 Å². The molecule has 0 radical (unpaired) electrons. The number of hydrogen-bond donors (Lipinski definition) is 1. The third-order valence-corrected chi connectivity index (χ3v) is 4.51. The molecule has 0 amide bonds. The Bertz CT molecular complexity index is 733. The van der Waals surface area contributed by atoms with Gasteiger partial charge in [0.05, 0.1) is 6.20 Å². The van der Waals surface area contributed by atoms with Crippen molar-refractivity contribution in [3.05, 3.63) is 53.8 Å². The van der Waals surface area contributed by atoms with Gasteiger partial charge >= 0.3 is 0 Å². The molecule has 1 aromatic heterocycles. The van der Waals surface area contributed by atoms with Crippen LogP contribution < -0.4 is 15.5 Å². The standard InChI is InChI=1S/C18H22ClN5/c1-3-24(16-9-5-4-7-13(16)2)17-15(19)11-21-18(22-17)23-10-6-8-14(20)12-23/h3-5,7,9,11,14H,1,6,8,10,12,20H2,2H3. The lowest BCUT2D eigenvalue weighted by atomic mass is 10.1. The minimum Gasteiger partial charge on any atom is -0.339 e. The van der Waals surface area contributed by atoms with Gasteiger partial charge < -0.3 is 15.5 Å². The van der Waals surface area contributed by atoms with Gasteiger partial charge in [0.2, 0.25) is 5.95 Å². The van der Waals surface area contributed by atoms with Gasteiger partial charge in [0.25, 0.3) is 0 Å². The summed E-state index contributed by atoms with van der Waals surface area (Å²) in [5.74, 6) is 1.29. The van der Waals surface area contributed by atoms with Crippen molar-refractivity contribution in [3.63, 3.8) is 0 Å². The Kier molecular flexibility index (Phi) is 5.02. The van der Waals surface area contributed by atoms with Crippen molar-refractivity contribution in [2.24, 2.45) is 5.73 Å². The lowest BCUT2D eigenvalue weighted by Gasteiger charge is -2.31. The van der Waals surface area contributed by atoms with E-state index in [1.54, 1.807) is 12.4 Å². The Morgan fingerprint density at radius 3 is 2.92 bits per heavy atom. The second-order valence-electron chi connectivity index (χ2n) is 6.03. The number of para-hydroxylation sites is 1. The van der Waals surface area contributed by atoms with Crippen LogP contribution in [0.25, 0.3) is 0 Å². The van der Waals surface area contributed by atoms with Gasteiger partial charge in [0.15, 0.2) is 5.82 Å². The van der Waals surface area contributed by atoms with Gasteiger partial charge in [-0.3, -0.25) is 0 Å². The second-order valence-corrected chi connectivity index (χ2v) is 6.44. The predicted molar refractivity (Wildman–Crippen MR) is 100.0 cm³/mol.